The molecule has 0 saturated carbocycles. The lowest BCUT2D eigenvalue weighted by atomic mass is 10.3. The molecule has 0 bridgehead atoms. The molecule has 1 aromatic rings. The molecule has 1 rings (SSSR count). The summed E-state index contributed by atoms with van der Waals surface area (Å²) in [5.41, 5.74) is 0. The molecule has 0 N–H and O–H groups in total. The second-order valence-electron chi connectivity index (χ2n) is 3.47. The van der Waals surface area contributed by atoms with Crippen molar-refractivity contribution in [2.75, 3.05) is 13.6 Å². The lowest BCUT2D eigenvalue weighted by Gasteiger charge is -2.15. The van der Waals surface area contributed by atoms with Crippen molar-refractivity contribution in [3.05, 3.63) is 24.3 Å². The number of halogens is 1. The summed E-state index contributed by atoms with van der Waals surface area (Å²) in [6.07, 6.45) is 4.70. The molecule has 0 aliphatic heterocycles. The van der Waals surface area contributed by atoms with Crippen molar-refractivity contribution in [1.29, 1.82) is 0 Å². The lowest BCUT2D eigenvalue weighted by molar-refractivity contribution is 0.314. The summed E-state index contributed by atoms with van der Waals surface area (Å²) in [4.78, 5) is 11.2. The molecule has 0 fully saturated rings. The van der Waals surface area contributed by atoms with E-state index in [0.29, 0.717) is 4.83 Å². The van der Waals surface area contributed by atoms with Gasteiger partial charge in [-0.05, 0) is 26.1 Å². The van der Waals surface area contributed by atoms with Crippen molar-refractivity contribution in [3.63, 3.8) is 0 Å². The molecule has 1 unspecified atom stereocenters. The number of hydrogen-bond acceptors (Lipinski definition) is 3. The number of nitrogens with zero attached hydrogens (tertiary/aromatic N) is 3. The Morgan fingerprint density at radius 2 is 2.07 bits per heavy atom. The third-order valence-corrected chi connectivity index (χ3v) is 2.40. The van der Waals surface area contributed by atoms with E-state index in [1.165, 1.54) is 0 Å². The van der Waals surface area contributed by atoms with Crippen molar-refractivity contribution in [3.8, 4) is 0 Å². The van der Waals surface area contributed by atoms with Gasteiger partial charge in [-0.15, -0.1) is 0 Å². The van der Waals surface area contributed by atoms with Crippen LogP contribution in [0.3, 0.4) is 0 Å². The average molecular weight is 258 g/mol. The summed E-state index contributed by atoms with van der Waals surface area (Å²) >= 11 is 3.53. The molecule has 3 nitrogen and oxygen atoms in total. The van der Waals surface area contributed by atoms with Gasteiger partial charge < -0.3 is 0 Å². The zero-order valence-electron chi connectivity index (χ0n) is 8.65. The number of hydrogen-bond donors (Lipinski definition) is 0. The fourth-order valence-corrected chi connectivity index (χ4v) is 1.34. The van der Waals surface area contributed by atoms with Crippen LogP contribution in [0.2, 0.25) is 0 Å². The maximum absolute atomic E-state index is 4.18. The van der Waals surface area contributed by atoms with Gasteiger partial charge in [-0.1, -0.05) is 22.9 Å². The maximum atomic E-state index is 4.18. The normalized spacial score (nSPS) is 13.1. The zero-order valence-corrected chi connectivity index (χ0v) is 10.2. The van der Waals surface area contributed by atoms with Gasteiger partial charge in [0, 0.05) is 17.2 Å². The first-order chi connectivity index (χ1) is 6.68. The van der Waals surface area contributed by atoms with E-state index in [0.717, 1.165) is 25.3 Å². The summed E-state index contributed by atoms with van der Waals surface area (Å²) in [6, 6.07) is 1.84. The van der Waals surface area contributed by atoms with E-state index >= 15 is 0 Å². The Morgan fingerprint density at radius 3 is 2.64 bits per heavy atom. The highest BCUT2D eigenvalue weighted by Gasteiger charge is 2.03. The van der Waals surface area contributed by atoms with Gasteiger partial charge in [-0.3, -0.25) is 4.90 Å². The summed E-state index contributed by atoms with van der Waals surface area (Å²) in [7, 11) is 2.09. The molecule has 1 heterocycles. The van der Waals surface area contributed by atoms with Crippen LogP contribution in [-0.2, 0) is 6.54 Å². The second kappa shape index (κ2) is 6.09. The van der Waals surface area contributed by atoms with E-state index in [-0.39, 0.29) is 0 Å². The number of rotatable bonds is 5. The molecule has 1 aromatic heterocycles. The molecule has 0 radical (unpaired) electrons. The monoisotopic (exact) mass is 257 g/mol. The second-order valence-corrected chi connectivity index (χ2v) is 5.04. The van der Waals surface area contributed by atoms with Gasteiger partial charge in [0.15, 0.2) is 0 Å². The van der Waals surface area contributed by atoms with Gasteiger partial charge in [0.2, 0.25) is 0 Å². The first kappa shape index (κ1) is 11.6. The molecule has 14 heavy (non-hydrogen) atoms. The maximum Gasteiger partial charge on any atom is 0.142 e. The lowest BCUT2D eigenvalue weighted by Crippen LogP contribution is -2.21. The molecular weight excluding hydrogens is 242 g/mol. The van der Waals surface area contributed by atoms with Crippen LogP contribution in [-0.4, -0.2) is 33.3 Å². The summed E-state index contributed by atoms with van der Waals surface area (Å²) in [5, 5.41) is 0. The summed E-state index contributed by atoms with van der Waals surface area (Å²) < 4.78 is 0. The molecule has 0 aromatic carbocycles. The Hall–Kier alpha value is -0.480. The van der Waals surface area contributed by atoms with Crippen molar-refractivity contribution in [2.45, 2.75) is 24.7 Å². The molecule has 0 aliphatic rings. The third kappa shape index (κ3) is 4.67. The Morgan fingerprint density at radius 1 is 1.43 bits per heavy atom. The number of alkyl halides is 1. The molecule has 0 aliphatic carbocycles. The van der Waals surface area contributed by atoms with Gasteiger partial charge in [0.25, 0.3) is 0 Å². The first-order valence-electron chi connectivity index (χ1n) is 4.77. The number of aromatic nitrogens is 2. The Labute approximate surface area is 93.7 Å². The molecule has 1 atom stereocenters. The van der Waals surface area contributed by atoms with Crippen LogP contribution in [0.25, 0.3) is 0 Å². The molecule has 0 saturated heterocycles. The zero-order chi connectivity index (χ0) is 10.4. The Bertz CT molecular complexity index is 251. The van der Waals surface area contributed by atoms with Crippen molar-refractivity contribution < 1.29 is 0 Å². The summed E-state index contributed by atoms with van der Waals surface area (Å²) in [6.45, 7) is 4.04. The Kier molecular flexibility index (Phi) is 5.04. The van der Waals surface area contributed by atoms with E-state index in [1.54, 1.807) is 12.4 Å². The van der Waals surface area contributed by atoms with Gasteiger partial charge in [0.1, 0.15) is 5.82 Å². The summed E-state index contributed by atoms with van der Waals surface area (Å²) in [5.74, 6) is 0.886. The van der Waals surface area contributed by atoms with Crippen LogP contribution in [0.5, 0.6) is 0 Å². The minimum atomic E-state index is 0.571. The van der Waals surface area contributed by atoms with Crippen LogP contribution in [0.15, 0.2) is 18.5 Å². The van der Waals surface area contributed by atoms with E-state index in [1.807, 2.05) is 6.07 Å². The fraction of sp³-hybridized carbons (Fsp3) is 0.600. The van der Waals surface area contributed by atoms with Crippen molar-refractivity contribution >= 4 is 15.9 Å². The topological polar surface area (TPSA) is 29.0 Å². The van der Waals surface area contributed by atoms with Crippen LogP contribution in [0.4, 0.5) is 0 Å². The van der Waals surface area contributed by atoms with Gasteiger partial charge in [0.05, 0.1) is 6.54 Å². The van der Waals surface area contributed by atoms with Crippen molar-refractivity contribution in [2.24, 2.45) is 0 Å². The van der Waals surface area contributed by atoms with Gasteiger partial charge in [-0.2, -0.15) is 0 Å². The standard InChI is InChI=1S/C10H16BrN3/c1-9(11)4-7-14(2)8-10-12-5-3-6-13-10/h3,5-6,9H,4,7-8H2,1-2H3. The minimum Gasteiger partial charge on any atom is -0.299 e. The predicted octanol–water partition coefficient (Wildman–Crippen LogP) is 2.08. The predicted molar refractivity (Wildman–Crippen MR) is 61.4 cm³/mol. The average Bonchev–Trinajstić information content (AvgIpc) is 2.16. The van der Waals surface area contributed by atoms with Crippen LogP contribution < -0.4 is 0 Å². The molecule has 4 heteroatoms. The first-order valence-corrected chi connectivity index (χ1v) is 5.68. The highest BCUT2D eigenvalue weighted by atomic mass is 79.9. The fourth-order valence-electron chi connectivity index (χ4n) is 1.13. The Balaban J connectivity index is 2.30. The van der Waals surface area contributed by atoms with Crippen LogP contribution >= 0.6 is 15.9 Å². The van der Waals surface area contributed by atoms with Gasteiger partial charge in [-0.25, -0.2) is 9.97 Å². The molecule has 78 valence electrons. The largest absolute Gasteiger partial charge is 0.299 e. The minimum absolute atomic E-state index is 0.571. The highest BCUT2D eigenvalue weighted by molar-refractivity contribution is 9.09. The highest BCUT2D eigenvalue weighted by Crippen LogP contribution is 2.05. The molecule has 0 spiro atoms. The molecule has 0 amide bonds. The van der Waals surface area contributed by atoms with Crippen LogP contribution in [0.1, 0.15) is 19.2 Å². The van der Waals surface area contributed by atoms with E-state index in [2.05, 4.69) is 44.8 Å². The van der Waals surface area contributed by atoms with Gasteiger partial charge >= 0.3 is 0 Å². The SMILES string of the molecule is CC(Br)CCN(C)Cc1ncccn1. The van der Waals surface area contributed by atoms with Crippen molar-refractivity contribution in [1.82, 2.24) is 14.9 Å². The smallest absolute Gasteiger partial charge is 0.142 e. The van der Waals surface area contributed by atoms with E-state index < -0.39 is 0 Å². The quantitative estimate of drug-likeness (QED) is 0.757. The molecular formula is C10H16BrN3. The van der Waals surface area contributed by atoms with Crippen LogP contribution in [0, 0.1) is 0 Å². The third-order valence-electron chi connectivity index (χ3n) is 1.94. The van der Waals surface area contributed by atoms with E-state index in [4.69, 9.17) is 0 Å². The van der Waals surface area contributed by atoms with E-state index in [9.17, 15) is 0 Å².